The molecule has 0 saturated carbocycles. The summed E-state index contributed by atoms with van der Waals surface area (Å²) in [7, 11) is 0. The summed E-state index contributed by atoms with van der Waals surface area (Å²) in [5.74, 6) is 0.782. The minimum atomic E-state index is 0.782. The largest absolute Gasteiger partial charge is 0.317 e. The molecule has 1 N–H and O–H groups in total. The fourth-order valence-corrected chi connectivity index (χ4v) is 1.66. The number of alkyl halides is 1. The summed E-state index contributed by atoms with van der Waals surface area (Å²) in [6.07, 6.45) is 10.8. The molecule has 0 heterocycles. The molecular formula is C12H26ClN. The standard InChI is InChI=1S/C12H26ClN/c1-2-3-4-5-6-7-8-11-14-12-9-10-13/h14H,2-12H2,1H3. The maximum Gasteiger partial charge on any atom is 0.0235 e. The van der Waals surface area contributed by atoms with Gasteiger partial charge in [-0.05, 0) is 25.9 Å². The number of rotatable bonds is 11. The number of hydrogen-bond acceptors (Lipinski definition) is 1. The second-order valence-corrected chi connectivity index (χ2v) is 4.29. The van der Waals surface area contributed by atoms with Crippen molar-refractivity contribution in [3.05, 3.63) is 0 Å². The zero-order valence-corrected chi connectivity index (χ0v) is 10.4. The molecule has 0 aliphatic heterocycles. The van der Waals surface area contributed by atoms with Crippen molar-refractivity contribution in [1.82, 2.24) is 5.32 Å². The fraction of sp³-hybridized carbons (Fsp3) is 1.00. The minimum Gasteiger partial charge on any atom is -0.317 e. The zero-order valence-electron chi connectivity index (χ0n) is 9.66. The molecule has 0 radical (unpaired) electrons. The minimum absolute atomic E-state index is 0.782. The summed E-state index contributed by atoms with van der Waals surface area (Å²) in [5, 5.41) is 3.40. The molecule has 86 valence electrons. The third kappa shape index (κ3) is 12.2. The third-order valence-electron chi connectivity index (χ3n) is 2.44. The quantitative estimate of drug-likeness (QED) is 0.410. The molecule has 0 fully saturated rings. The van der Waals surface area contributed by atoms with Crippen LogP contribution in [0.15, 0.2) is 0 Å². The number of halogens is 1. The molecule has 0 saturated heterocycles. The molecule has 0 bridgehead atoms. The van der Waals surface area contributed by atoms with Gasteiger partial charge in [-0.15, -0.1) is 11.6 Å². The van der Waals surface area contributed by atoms with Crippen molar-refractivity contribution in [2.75, 3.05) is 19.0 Å². The molecule has 0 spiro atoms. The van der Waals surface area contributed by atoms with Crippen molar-refractivity contribution in [3.63, 3.8) is 0 Å². The van der Waals surface area contributed by atoms with Gasteiger partial charge >= 0.3 is 0 Å². The smallest absolute Gasteiger partial charge is 0.0235 e. The number of nitrogens with one attached hydrogen (secondary N) is 1. The van der Waals surface area contributed by atoms with Gasteiger partial charge in [-0.25, -0.2) is 0 Å². The lowest BCUT2D eigenvalue weighted by atomic mass is 10.1. The van der Waals surface area contributed by atoms with Crippen molar-refractivity contribution in [2.45, 2.75) is 58.3 Å². The number of hydrogen-bond donors (Lipinski definition) is 1. The van der Waals surface area contributed by atoms with Crippen LogP contribution in [0.1, 0.15) is 58.3 Å². The van der Waals surface area contributed by atoms with E-state index in [-0.39, 0.29) is 0 Å². The van der Waals surface area contributed by atoms with Gasteiger partial charge in [0.15, 0.2) is 0 Å². The molecule has 1 nitrogen and oxygen atoms in total. The van der Waals surface area contributed by atoms with Gasteiger partial charge in [0, 0.05) is 5.88 Å². The summed E-state index contributed by atoms with van der Waals surface area (Å²) in [6, 6.07) is 0. The predicted octanol–water partition coefficient (Wildman–Crippen LogP) is 3.96. The van der Waals surface area contributed by atoms with Gasteiger partial charge in [0.2, 0.25) is 0 Å². The molecule has 0 aromatic rings. The zero-order chi connectivity index (χ0) is 10.5. The van der Waals surface area contributed by atoms with Crippen LogP contribution in [0.25, 0.3) is 0 Å². The molecule has 0 aromatic carbocycles. The van der Waals surface area contributed by atoms with Gasteiger partial charge in [-0.2, -0.15) is 0 Å². The van der Waals surface area contributed by atoms with E-state index in [0.29, 0.717) is 0 Å². The summed E-state index contributed by atoms with van der Waals surface area (Å²) >= 11 is 5.57. The van der Waals surface area contributed by atoms with Gasteiger partial charge in [0.05, 0.1) is 0 Å². The van der Waals surface area contributed by atoms with Crippen molar-refractivity contribution in [1.29, 1.82) is 0 Å². The third-order valence-corrected chi connectivity index (χ3v) is 2.71. The first-order valence-corrected chi connectivity index (χ1v) is 6.72. The molecule has 0 aromatic heterocycles. The van der Waals surface area contributed by atoms with Crippen molar-refractivity contribution >= 4 is 11.6 Å². The van der Waals surface area contributed by atoms with Crippen LogP contribution in [0, 0.1) is 0 Å². The van der Waals surface area contributed by atoms with Gasteiger partial charge in [0.25, 0.3) is 0 Å². The van der Waals surface area contributed by atoms with Crippen LogP contribution in [0.2, 0.25) is 0 Å². The Balaban J connectivity index is 2.78. The Bertz CT molecular complexity index is 84.3. The van der Waals surface area contributed by atoms with E-state index in [4.69, 9.17) is 11.6 Å². The Labute approximate surface area is 94.6 Å². The fourth-order valence-electron chi connectivity index (χ4n) is 1.52. The first kappa shape index (κ1) is 14.2. The first-order valence-electron chi connectivity index (χ1n) is 6.18. The van der Waals surface area contributed by atoms with E-state index in [1.54, 1.807) is 0 Å². The Hall–Kier alpha value is 0.250. The lowest BCUT2D eigenvalue weighted by Crippen LogP contribution is -2.16. The highest BCUT2D eigenvalue weighted by Gasteiger charge is 1.90. The first-order chi connectivity index (χ1) is 6.91. The molecule has 0 aliphatic rings. The average molecular weight is 220 g/mol. The molecule has 0 aliphatic carbocycles. The Kier molecular flexibility index (Phi) is 13.5. The van der Waals surface area contributed by atoms with E-state index in [2.05, 4.69) is 12.2 Å². The second-order valence-electron chi connectivity index (χ2n) is 3.91. The lowest BCUT2D eigenvalue weighted by molar-refractivity contribution is 0.562. The highest BCUT2D eigenvalue weighted by molar-refractivity contribution is 6.17. The van der Waals surface area contributed by atoms with E-state index in [9.17, 15) is 0 Å². The van der Waals surface area contributed by atoms with Crippen LogP contribution < -0.4 is 5.32 Å². The number of unbranched alkanes of at least 4 members (excludes halogenated alkanes) is 6. The van der Waals surface area contributed by atoms with E-state index < -0.39 is 0 Å². The van der Waals surface area contributed by atoms with Crippen LogP contribution in [0.3, 0.4) is 0 Å². The Morgan fingerprint density at radius 1 is 0.786 bits per heavy atom. The summed E-state index contributed by atoms with van der Waals surface area (Å²) in [5.41, 5.74) is 0. The normalized spacial score (nSPS) is 10.7. The maximum absolute atomic E-state index is 5.57. The predicted molar refractivity (Wildman–Crippen MR) is 66.2 cm³/mol. The summed E-state index contributed by atoms with van der Waals surface area (Å²) in [6.45, 7) is 4.52. The van der Waals surface area contributed by atoms with Crippen molar-refractivity contribution < 1.29 is 0 Å². The Morgan fingerprint density at radius 2 is 1.36 bits per heavy atom. The molecule has 14 heavy (non-hydrogen) atoms. The molecular weight excluding hydrogens is 194 g/mol. The highest BCUT2D eigenvalue weighted by Crippen LogP contribution is 2.06. The molecule has 0 amide bonds. The second kappa shape index (κ2) is 13.2. The maximum atomic E-state index is 5.57. The lowest BCUT2D eigenvalue weighted by Gasteiger charge is -2.03. The van der Waals surface area contributed by atoms with Crippen molar-refractivity contribution in [3.8, 4) is 0 Å². The van der Waals surface area contributed by atoms with Crippen LogP contribution >= 0.6 is 11.6 Å². The van der Waals surface area contributed by atoms with E-state index in [1.807, 2.05) is 0 Å². The van der Waals surface area contributed by atoms with Gasteiger partial charge in [-0.3, -0.25) is 0 Å². The van der Waals surface area contributed by atoms with Crippen LogP contribution in [-0.4, -0.2) is 19.0 Å². The highest BCUT2D eigenvalue weighted by atomic mass is 35.5. The molecule has 0 rings (SSSR count). The molecule has 0 atom stereocenters. The molecule has 2 heteroatoms. The SMILES string of the molecule is CCCCCCCCCNCCCCl. The van der Waals surface area contributed by atoms with E-state index >= 15 is 0 Å². The van der Waals surface area contributed by atoms with E-state index in [0.717, 1.165) is 18.8 Å². The van der Waals surface area contributed by atoms with Crippen LogP contribution in [-0.2, 0) is 0 Å². The van der Waals surface area contributed by atoms with Crippen LogP contribution in [0.5, 0.6) is 0 Å². The van der Waals surface area contributed by atoms with Gasteiger partial charge < -0.3 is 5.32 Å². The summed E-state index contributed by atoms with van der Waals surface area (Å²) < 4.78 is 0. The van der Waals surface area contributed by atoms with Gasteiger partial charge in [-0.1, -0.05) is 45.4 Å². The van der Waals surface area contributed by atoms with Gasteiger partial charge in [0.1, 0.15) is 0 Å². The van der Waals surface area contributed by atoms with Crippen LogP contribution in [0.4, 0.5) is 0 Å². The topological polar surface area (TPSA) is 12.0 Å². The van der Waals surface area contributed by atoms with Crippen molar-refractivity contribution in [2.24, 2.45) is 0 Å². The summed E-state index contributed by atoms with van der Waals surface area (Å²) in [4.78, 5) is 0. The van der Waals surface area contributed by atoms with E-state index in [1.165, 1.54) is 51.5 Å². The molecule has 0 unspecified atom stereocenters. The average Bonchev–Trinajstić information content (AvgIpc) is 2.21. The monoisotopic (exact) mass is 219 g/mol. The Morgan fingerprint density at radius 3 is 2.00 bits per heavy atom.